The minimum atomic E-state index is -0.381. The molecule has 1 amide bonds. The Morgan fingerprint density at radius 1 is 1.21 bits per heavy atom. The van der Waals surface area contributed by atoms with Gasteiger partial charge in [0.25, 0.3) is 5.91 Å². The first-order valence-electron chi connectivity index (χ1n) is 7.12. The van der Waals surface area contributed by atoms with Crippen LogP contribution in [0, 0.1) is 6.92 Å². The number of pyridine rings is 1. The van der Waals surface area contributed by atoms with Crippen LogP contribution in [0.25, 0.3) is 11.3 Å². The van der Waals surface area contributed by atoms with Crippen LogP contribution in [0.5, 0.6) is 5.88 Å². The normalized spacial score (nSPS) is 10.5. The van der Waals surface area contributed by atoms with Gasteiger partial charge in [-0.25, -0.2) is 4.98 Å². The van der Waals surface area contributed by atoms with Crippen molar-refractivity contribution in [2.24, 2.45) is 0 Å². The lowest BCUT2D eigenvalue weighted by molar-refractivity contribution is 0.101. The summed E-state index contributed by atoms with van der Waals surface area (Å²) in [5, 5.41) is 7.18. The van der Waals surface area contributed by atoms with E-state index in [-0.39, 0.29) is 11.6 Å². The number of nitrogens with one attached hydrogen (secondary N) is 1. The zero-order chi connectivity index (χ0) is 17.1. The van der Waals surface area contributed by atoms with Gasteiger partial charge in [-0.3, -0.25) is 4.79 Å². The number of carbonyl (C=O) groups is 1. The van der Waals surface area contributed by atoms with E-state index in [0.717, 1.165) is 5.56 Å². The Bertz CT molecular complexity index is 875. The van der Waals surface area contributed by atoms with Crippen LogP contribution in [0.1, 0.15) is 16.2 Å². The van der Waals surface area contributed by atoms with E-state index in [9.17, 15) is 4.79 Å². The van der Waals surface area contributed by atoms with Crippen LogP contribution >= 0.6 is 11.6 Å². The summed E-state index contributed by atoms with van der Waals surface area (Å²) >= 11 is 5.86. The first kappa shape index (κ1) is 16.0. The van der Waals surface area contributed by atoms with Crippen LogP contribution in [0.3, 0.4) is 0 Å². The maximum atomic E-state index is 12.3. The van der Waals surface area contributed by atoms with Gasteiger partial charge in [0.2, 0.25) is 5.88 Å². The number of hydrogen-bond acceptors (Lipinski definition) is 5. The lowest BCUT2D eigenvalue weighted by atomic mass is 10.1. The topological polar surface area (TPSA) is 77.2 Å². The molecule has 0 saturated carbocycles. The van der Waals surface area contributed by atoms with Gasteiger partial charge < -0.3 is 14.6 Å². The number of rotatable bonds is 4. The number of aromatic nitrogens is 2. The molecular formula is C17H14ClN3O3. The van der Waals surface area contributed by atoms with Crippen LogP contribution in [-0.2, 0) is 0 Å². The number of methoxy groups -OCH3 is 1. The largest absolute Gasteiger partial charge is 0.481 e. The number of ether oxygens (including phenoxy) is 1. The average Bonchev–Trinajstić information content (AvgIpc) is 3.07. The van der Waals surface area contributed by atoms with Crippen molar-refractivity contribution >= 4 is 23.2 Å². The Balaban J connectivity index is 1.77. The van der Waals surface area contributed by atoms with Crippen LogP contribution in [-0.4, -0.2) is 23.2 Å². The zero-order valence-electron chi connectivity index (χ0n) is 13.0. The van der Waals surface area contributed by atoms with Crippen LogP contribution in [0.15, 0.2) is 47.0 Å². The molecule has 122 valence electrons. The van der Waals surface area contributed by atoms with Crippen LogP contribution < -0.4 is 10.1 Å². The molecule has 6 nitrogen and oxygen atoms in total. The summed E-state index contributed by atoms with van der Waals surface area (Å²) in [5.41, 5.74) is 2.18. The molecule has 1 aromatic carbocycles. The van der Waals surface area contributed by atoms with Gasteiger partial charge >= 0.3 is 0 Å². The molecule has 2 aromatic heterocycles. The molecule has 0 radical (unpaired) electrons. The molecule has 0 aliphatic carbocycles. The van der Waals surface area contributed by atoms with Crippen molar-refractivity contribution in [3.05, 3.63) is 58.9 Å². The summed E-state index contributed by atoms with van der Waals surface area (Å²) in [6, 6.07) is 12.0. The molecule has 0 spiro atoms. The van der Waals surface area contributed by atoms with Crippen molar-refractivity contribution in [2.45, 2.75) is 6.92 Å². The van der Waals surface area contributed by atoms with E-state index in [1.807, 2.05) is 0 Å². The maximum absolute atomic E-state index is 12.3. The van der Waals surface area contributed by atoms with Crippen molar-refractivity contribution in [1.82, 2.24) is 10.1 Å². The Labute approximate surface area is 143 Å². The second-order valence-corrected chi connectivity index (χ2v) is 5.46. The van der Waals surface area contributed by atoms with Crippen molar-refractivity contribution in [3.8, 4) is 17.2 Å². The van der Waals surface area contributed by atoms with E-state index in [1.165, 1.54) is 7.11 Å². The summed E-state index contributed by atoms with van der Waals surface area (Å²) in [6.07, 6.45) is 0. The fourth-order valence-electron chi connectivity index (χ4n) is 2.10. The van der Waals surface area contributed by atoms with E-state index in [1.54, 1.807) is 49.4 Å². The highest BCUT2D eigenvalue weighted by molar-refractivity contribution is 6.30. The molecule has 0 atom stereocenters. The molecule has 24 heavy (non-hydrogen) atoms. The molecule has 0 aliphatic rings. The second-order valence-electron chi connectivity index (χ2n) is 5.02. The van der Waals surface area contributed by atoms with Gasteiger partial charge in [-0.15, -0.1) is 0 Å². The zero-order valence-corrected chi connectivity index (χ0v) is 13.8. The number of amides is 1. The Kier molecular flexibility index (Phi) is 4.48. The highest BCUT2D eigenvalue weighted by Gasteiger charge is 2.15. The minimum Gasteiger partial charge on any atom is -0.481 e. The molecule has 3 rings (SSSR count). The smallest absolute Gasteiger partial charge is 0.277 e. The fraction of sp³-hybridized carbons (Fsp3) is 0.118. The number of aryl methyl sites for hydroxylation is 1. The Hall–Kier alpha value is -2.86. The quantitative estimate of drug-likeness (QED) is 0.775. The molecule has 1 N–H and O–H groups in total. The lowest BCUT2D eigenvalue weighted by Gasteiger charge is -2.07. The van der Waals surface area contributed by atoms with Crippen LogP contribution in [0.2, 0.25) is 5.02 Å². The van der Waals surface area contributed by atoms with E-state index < -0.39 is 0 Å². The van der Waals surface area contributed by atoms with Crippen molar-refractivity contribution in [3.63, 3.8) is 0 Å². The molecule has 0 bridgehead atoms. The number of halogens is 1. The fourth-order valence-corrected chi connectivity index (χ4v) is 2.23. The third-order valence-corrected chi connectivity index (χ3v) is 3.64. The summed E-state index contributed by atoms with van der Waals surface area (Å²) < 4.78 is 10.3. The van der Waals surface area contributed by atoms with Crippen molar-refractivity contribution < 1.29 is 14.1 Å². The summed E-state index contributed by atoms with van der Waals surface area (Å²) in [4.78, 5) is 16.5. The third-order valence-electron chi connectivity index (χ3n) is 3.39. The summed E-state index contributed by atoms with van der Waals surface area (Å²) in [7, 11) is 1.54. The van der Waals surface area contributed by atoms with E-state index in [2.05, 4.69) is 15.5 Å². The lowest BCUT2D eigenvalue weighted by Crippen LogP contribution is -2.13. The van der Waals surface area contributed by atoms with E-state index in [4.69, 9.17) is 20.9 Å². The number of nitrogens with zero attached hydrogens (tertiary/aromatic N) is 2. The molecule has 0 aliphatic heterocycles. The average molecular weight is 344 g/mol. The summed E-state index contributed by atoms with van der Waals surface area (Å²) in [5.74, 6) is 0.590. The predicted molar refractivity (Wildman–Crippen MR) is 90.4 cm³/mol. The molecular weight excluding hydrogens is 330 g/mol. The molecule has 7 heteroatoms. The highest BCUT2D eigenvalue weighted by atomic mass is 35.5. The minimum absolute atomic E-state index is 0.176. The van der Waals surface area contributed by atoms with Gasteiger partial charge in [-0.05, 0) is 37.3 Å². The molecule has 0 fully saturated rings. The number of benzene rings is 1. The predicted octanol–water partition coefficient (Wildman–Crippen LogP) is 3.96. The van der Waals surface area contributed by atoms with Gasteiger partial charge in [0.15, 0.2) is 11.5 Å². The second kappa shape index (κ2) is 6.72. The SMILES string of the molecule is COc1ccc(NC(=O)c2cc(-c3ccc(Cl)cc3)on2)c(C)n1. The first-order valence-corrected chi connectivity index (χ1v) is 7.50. The van der Waals surface area contributed by atoms with Crippen LogP contribution in [0.4, 0.5) is 5.69 Å². The molecule has 0 saturated heterocycles. The van der Waals surface area contributed by atoms with Gasteiger partial charge in [-0.1, -0.05) is 16.8 Å². The Morgan fingerprint density at radius 2 is 1.96 bits per heavy atom. The number of hydrogen-bond donors (Lipinski definition) is 1. The monoisotopic (exact) mass is 343 g/mol. The van der Waals surface area contributed by atoms with Gasteiger partial charge in [0.05, 0.1) is 18.5 Å². The number of carbonyl (C=O) groups excluding carboxylic acids is 1. The molecule has 0 unspecified atom stereocenters. The first-order chi connectivity index (χ1) is 11.6. The summed E-state index contributed by atoms with van der Waals surface area (Å²) in [6.45, 7) is 1.78. The highest BCUT2D eigenvalue weighted by Crippen LogP contribution is 2.23. The van der Waals surface area contributed by atoms with E-state index in [0.29, 0.717) is 28.0 Å². The molecule has 3 aromatic rings. The van der Waals surface area contributed by atoms with E-state index >= 15 is 0 Å². The third kappa shape index (κ3) is 3.38. The molecule has 2 heterocycles. The van der Waals surface area contributed by atoms with Gasteiger partial charge in [-0.2, -0.15) is 0 Å². The van der Waals surface area contributed by atoms with Crippen molar-refractivity contribution in [1.29, 1.82) is 0 Å². The van der Waals surface area contributed by atoms with Crippen molar-refractivity contribution in [2.75, 3.05) is 12.4 Å². The Morgan fingerprint density at radius 3 is 2.62 bits per heavy atom. The van der Waals surface area contributed by atoms with Gasteiger partial charge in [0, 0.05) is 22.7 Å². The van der Waals surface area contributed by atoms with Gasteiger partial charge in [0.1, 0.15) is 0 Å². The standard InChI is InChI=1S/C17H14ClN3O3/c1-10-13(7-8-16(19-10)23-2)20-17(22)14-9-15(24-21-14)11-3-5-12(18)6-4-11/h3-9H,1-2H3,(H,20,22). The number of anilines is 1. The maximum Gasteiger partial charge on any atom is 0.277 e.